The number of carbonyl (C=O) groups excluding carboxylic acids is 4. The van der Waals surface area contributed by atoms with Crippen LogP contribution in [-0.4, -0.2) is 85.1 Å². The molecule has 1 aromatic rings. The summed E-state index contributed by atoms with van der Waals surface area (Å²) >= 11 is 3.34. The predicted octanol–water partition coefficient (Wildman–Crippen LogP) is 4.56. The Morgan fingerprint density at radius 1 is 1.13 bits per heavy atom. The molecular formula is C33H45BrO12. The van der Waals surface area contributed by atoms with E-state index >= 15 is 0 Å². The summed E-state index contributed by atoms with van der Waals surface area (Å²) in [5.74, 6) is -5.00. The zero-order valence-corrected chi connectivity index (χ0v) is 28.5. The third-order valence-electron chi connectivity index (χ3n) is 8.03. The second kappa shape index (κ2) is 17.2. The van der Waals surface area contributed by atoms with Crippen molar-refractivity contribution >= 4 is 39.8 Å². The van der Waals surface area contributed by atoms with Gasteiger partial charge in [-0.2, -0.15) is 0 Å². The van der Waals surface area contributed by atoms with Crippen molar-refractivity contribution in [3.8, 4) is 5.75 Å². The molecule has 46 heavy (non-hydrogen) atoms. The van der Waals surface area contributed by atoms with E-state index in [0.29, 0.717) is 10.9 Å². The number of halogens is 1. The number of aliphatic hydroxyl groups is 2. The maximum atomic E-state index is 13.3. The minimum Gasteiger partial charge on any atom is -0.492 e. The van der Waals surface area contributed by atoms with E-state index in [1.807, 2.05) is 0 Å². The number of hydrogen-bond acceptors (Lipinski definition) is 12. The number of hydrogen-bond donors (Lipinski definition) is 2. The van der Waals surface area contributed by atoms with E-state index in [1.54, 1.807) is 26.0 Å². The molecule has 256 valence electrons. The molecular weight excluding hydrogens is 668 g/mol. The van der Waals surface area contributed by atoms with Gasteiger partial charge in [0, 0.05) is 23.4 Å². The Bertz CT molecular complexity index is 1260. The van der Waals surface area contributed by atoms with E-state index in [1.165, 1.54) is 13.2 Å². The number of rotatable bonds is 9. The Balaban J connectivity index is 2.04. The molecule has 1 aromatic carbocycles. The zero-order chi connectivity index (χ0) is 33.9. The van der Waals surface area contributed by atoms with Crippen LogP contribution in [0.25, 0.3) is 0 Å². The van der Waals surface area contributed by atoms with Crippen LogP contribution in [0, 0.1) is 5.41 Å². The molecule has 0 spiro atoms. The highest BCUT2D eigenvalue weighted by molar-refractivity contribution is 9.10. The fourth-order valence-electron chi connectivity index (χ4n) is 5.35. The van der Waals surface area contributed by atoms with Crippen LogP contribution in [0.4, 0.5) is 0 Å². The summed E-state index contributed by atoms with van der Waals surface area (Å²) in [4.78, 5) is 51.6. The molecule has 13 heteroatoms. The smallest absolute Gasteiger partial charge is 0.341 e. The lowest BCUT2D eigenvalue weighted by molar-refractivity contribution is -0.340. The number of fused-ring (bicyclic) bond motifs is 3. The Hall–Kier alpha value is -3.00. The molecule has 0 saturated carbocycles. The van der Waals surface area contributed by atoms with Crippen LogP contribution in [0.2, 0.25) is 0 Å². The lowest BCUT2D eigenvalue weighted by Crippen LogP contribution is -2.63. The quantitative estimate of drug-likeness (QED) is 0.159. The molecule has 3 rings (SSSR count). The summed E-state index contributed by atoms with van der Waals surface area (Å²) < 4.78 is 34.4. The number of cyclic esters (lactones) is 2. The number of carbonyl (C=O) groups is 4. The van der Waals surface area contributed by atoms with Gasteiger partial charge in [0.15, 0.2) is 6.10 Å². The van der Waals surface area contributed by atoms with Gasteiger partial charge in [0.05, 0.1) is 38.3 Å². The highest BCUT2D eigenvalue weighted by atomic mass is 79.9. The van der Waals surface area contributed by atoms with E-state index in [9.17, 15) is 29.4 Å². The number of aliphatic hydroxyl groups excluding tert-OH is 1. The van der Waals surface area contributed by atoms with Crippen LogP contribution in [-0.2, 0) is 38.1 Å². The van der Waals surface area contributed by atoms with E-state index in [2.05, 4.69) is 22.9 Å². The van der Waals surface area contributed by atoms with Crippen molar-refractivity contribution in [3.05, 3.63) is 39.9 Å². The number of unbranched alkanes of at least 4 members (excludes halogenated alkanes) is 4. The van der Waals surface area contributed by atoms with E-state index in [4.69, 9.17) is 28.4 Å². The molecule has 0 amide bonds. The second-order valence-corrected chi connectivity index (χ2v) is 13.1. The van der Waals surface area contributed by atoms with Crippen molar-refractivity contribution < 1.29 is 57.8 Å². The van der Waals surface area contributed by atoms with Crippen LogP contribution in [0.1, 0.15) is 88.9 Å². The minimum absolute atomic E-state index is 0.0275. The highest BCUT2D eigenvalue weighted by Gasteiger charge is 2.59. The van der Waals surface area contributed by atoms with Gasteiger partial charge >= 0.3 is 23.9 Å². The summed E-state index contributed by atoms with van der Waals surface area (Å²) in [7, 11) is 1.19. The molecule has 2 aliphatic rings. The Labute approximate surface area is 277 Å². The Morgan fingerprint density at radius 3 is 2.57 bits per heavy atom. The summed E-state index contributed by atoms with van der Waals surface area (Å²) in [6.45, 7) is 4.16. The first-order valence-electron chi connectivity index (χ1n) is 15.6. The lowest BCUT2D eigenvalue weighted by Gasteiger charge is -2.51. The standard InChI is InChI=1S/C33H45BrO12/c1-5-6-7-8-9-10-27(36)45-30-21(16-29(38)41-4)15-23-18-24(19-35)44-28(37)13-14-42-26-12-11-22(34)17-25(26)31(39)43-20-32(2,3)33(30,40)46-23/h11-12,16-17,23-24,30,35,40H,5-10,13-15,18-20H2,1-4H3/b21-16+/t23-,24?,30-,33+/m0/s1. The lowest BCUT2D eigenvalue weighted by atomic mass is 9.75. The Morgan fingerprint density at radius 2 is 1.87 bits per heavy atom. The van der Waals surface area contributed by atoms with E-state index < -0.39 is 66.6 Å². The van der Waals surface area contributed by atoms with Crippen molar-refractivity contribution in [2.45, 2.75) is 103 Å². The van der Waals surface area contributed by atoms with Crippen LogP contribution in [0.3, 0.4) is 0 Å². The monoisotopic (exact) mass is 712 g/mol. The van der Waals surface area contributed by atoms with Crippen molar-refractivity contribution in [2.75, 3.05) is 26.9 Å². The summed E-state index contributed by atoms with van der Waals surface area (Å²) in [5.41, 5.74) is -1.21. The third-order valence-corrected chi connectivity index (χ3v) is 8.52. The van der Waals surface area contributed by atoms with Gasteiger partial charge in [0.2, 0.25) is 5.79 Å². The van der Waals surface area contributed by atoms with Gasteiger partial charge in [-0.15, -0.1) is 0 Å². The molecule has 12 nitrogen and oxygen atoms in total. The molecule has 2 aliphatic heterocycles. The van der Waals surface area contributed by atoms with Crippen LogP contribution in [0.15, 0.2) is 34.3 Å². The van der Waals surface area contributed by atoms with Gasteiger partial charge < -0.3 is 38.6 Å². The summed E-state index contributed by atoms with van der Waals surface area (Å²) in [5, 5.41) is 22.5. The van der Waals surface area contributed by atoms with Gasteiger partial charge in [0.25, 0.3) is 0 Å². The van der Waals surface area contributed by atoms with Crippen molar-refractivity contribution in [1.82, 2.24) is 0 Å². The number of methoxy groups -OCH3 is 1. The first kappa shape index (κ1) is 37.5. The average Bonchev–Trinajstić information content (AvgIpc) is 3.01. The SMILES string of the molecule is CCCCCCCC(=O)O[C@H]1/C(=C/C(=O)OC)C[C@H]2CC(CO)OC(=O)CCOc3ccc(Br)cc3C(=O)OCC(C)(C)[C@]1(O)O2. The van der Waals surface area contributed by atoms with Gasteiger partial charge in [-0.3, -0.25) is 9.59 Å². The Kier molecular flexibility index (Phi) is 14.0. The van der Waals surface area contributed by atoms with Gasteiger partial charge in [-0.25, -0.2) is 9.59 Å². The number of esters is 4. The van der Waals surface area contributed by atoms with Gasteiger partial charge in [-0.1, -0.05) is 62.4 Å². The maximum Gasteiger partial charge on any atom is 0.341 e. The zero-order valence-electron chi connectivity index (χ0n) is 26.9. The molecule has 0 radical (unpaired) electrons. The number of benzene rings is 1. The molecule has 0 aromatic heterocycles. The maximum absolute atomic E-state index is 13.3. The first-order valence-corrected chi connectivity index (χ1v) is 16.4. The molecule has 2 heterocycles. The molecule has 2 N–H and O–H groups in total. The summed E-state index contributed by atoms with van der Waals surface area (Å²) in [6, 6.07) is 4.70. The molecule has 2 bridgehead atoms. The van der Waals surface area contributed by atoms with E-state index in [-0.39, 0.29) is 49.2 Å². The van der Waals surface area contributed by atoms with E-state index in [0.717, 1.165) is 31.8 Å². The topological polar surface area (TPSA) is 164 Å². The van der Waals surface area contributed by atoms with Crippen molar-refractivity contribution in [3.63, 3.8) is 0 Å². The van der Waals surface area contributed by atoms with Crippen LogP contribution < -0.4 is 4.74 Å². The van der Waals surface area contributed by atoms with Gasteiger partial charge in [-0.05, 0) is 36.6 Å². The van der Waals surface area contributed by atoms with Crippen LogP contribution >= 0.6 is 15.9 Å². The fraction of sp³-hybridized carbons (Fsp3) is 0.636. The summed E-state index contributed by atoms with van der Waals surface area (Å²) in [6.07, 6.45) is 1.94. The van der Waals surface area contributed by atoms with Crippen LogP contribution in [0.5, 0.6) is 5.75 Å². The number of ether oxygens (including phenoxy) is 6. The fourth-order valence-corrected chi connectivity index (χ4v) is 5.71. The largest absolute Gasteiger partial charge is 0.492 e. The van der Waals surface area contributed by atoms with Crippen molar-refractivity contribution in [2.24, 2.45) is 5.41 Å². The third kappa shape index (κ3) is 10.00. The molecule has 4 atom stereocenters. The molecule has 0 aliphatic carbocycles. The molecule has 1 unspecified atom stereocenters. The first-order chi connectivity index (χ1) is 21.8. The average molecular weight is 714 g/mol. The second-order valence-electron chi connectivity index (χ2n) is 12.1. The molecule has 1 saturated heterocycles. The highest BCUT2D eigenvalue weighted by Crippen LogP contribution is 2.46. The van der Waals surface area contributed by atoms with Gasteiger partial charge in [0.1, 0.15) is 24.0 Å². The predicted molar refractivity (Wildman–Crippen MR) is 168 cm³/mol. The normalized spacial score (nSPS) is 26.2. The molecule has 1 fully saturated rings. The minimum atomic E-state index is -2.36. The van der Waals surface area contributed by atoms with Crippen molar-refractivity contribution in [1.29, 1.82) is 0 Å².